The van der Waals surface area contributed by atoms with Crippen LogP contribution in [0.1, 0.15) is 16.7 Å². The molecule has 0 N–H and O–H groups in total. The molecule has 0 aliphatic carbocycles. The third-order valence-corrected chi connectivity index (χ3v) is 10.8. The summed E-state index contributed by atoms with van der Waals surface area (Å²) in [5, 5.41) is 35.2. The number of nitrogens with zero attached hydrogens (tertiary/aromatic N) is 6. The maximum Gasteiger partial charge on any atom is 0.0999 e. The van der Waals surface area contributed by atoms with Crippen molar-refractivity contribution in [3.05, 3.63) is 187 Å². The average Bonchev–Trinajstić information content (AvgIpc) is 3.78. The molecule has 0 fully saturated rings. The van der Waals surface area contributed by atoms with Crippen LogP contribution >= 0.6 is 0 Å². The molecule has 56 heavy (non-hydrogen) atoms. The minimum absolute atomic E-state index is 0.512. The summed E-state index contributed by atoms with van der Waals surface area (Å²) in [7, 11) is 0. The van der Waals surface area contributed by atoms with Gasteiger partial charge in [0, 0.05) is 45.1 Å². The lowest BCUT2D eigenvalue weighted by molar-refractivity contribution is 1.09. The lowest BCUT2D eigenvalue weighted by atomic mass is 9.98. The Labute approximate surface area is 322 Å². The molecule has 0 aliphatic rings. The summed E-state index contributed by atoms with van der Waals surface area (Å²) in [6.45, 7) is 0. The summed E-state index contributed by atoms with van der Waals surface area (Å²) >= 11 is 0. The normalized spacial score (nSPS) is 11.2. The van der Waals surface area contributed by atoms with Gasteiger partial charge in [0.2, 0.25) is 0 Å². The van der Waals surface area contributed by atoms with Gasteiger partial charge in [-0.3, -0.25) is 4.98 Å². The number of para-hydroxylation sites is 2. The van der Waals surface area contributed by atoms with E-state index in [0.717, 1.165) is 88.4 Å². The number of fused-ring (bicyclic) bond motifs is 6. The van der Waals surface area contributed by atoms with Crippen molar-refractivity contribution in [3.8, 4) is 63.0 Å². The van der Waals surface area contributed by atoms with Crippen molar-refractivity contribution in [2.45, 2.75) is 0 Å². The third kappa shape index (κ3) is 4.97. The lowest BCUT2D eigenvalue weighted by Gasteiger charge is -2.20. The Kier molecular flexibility index (Phi) is 7.53. The van der Waals surface area contributed by atoms with E-state index in [1.165, 1.54) is 0 Å². The van der Waals surface area contributed by atoms with Gasteiger partial charge >= 0.3 is 0 Å². The van der Waals surface area contributed by atoms with Crippen LogP contribution in [0.3, 0.4) is 0 Å². The monoisotopic (exact) mass is 712 g/mol. The number of nitriles is 3. The zero-order chi connectivity index (χ0) is 37.8. The molecule has 6 heteroatoms. The fourth-order valence-corrected chi connectivity index (χ4v) is 8.25. The maximum absolute atomic E-state index is 10.8. The van der Waals surface area contributed by atoms with Crippen LogP contribution in [0.2, 0.25) is 0 Å². The minimum atomic E-state index is 0.512. The number of hydrogen-bond acceptors (Lipinski definition) is 4. The van der Waals surface area contributed by atoms with E-state index in [-0.39, 0.29) is 0 Å². The molecule has 0 amide bonds. The smallest absolute Gasteiger partial charge is 0.0999 e. The minimum Gasteiger partial charge on any atom is -0.307 e. The zero-order valence-electron chi connectivity index (χ0n) is 29.8. The summed E-state index contributed by atoms with van der Waals surface area (Å²) in [4.78, 5) is 4.43. The molecule has 0 aliphatic heterocycles. The first-order valence-corrected chi connectivity index (χ1v) is 18.2. The van der Waals surface area contributed by atoms with Crippen LogP contribution in [-0.2, 0) is 0 Å². The average molecular weight is 713 g/mol. The van der Waals surface area contributed by atoms with Gasteiger partial charge in [0.25, 0.3) is 0 Å². The van der Waals surface area contributed by atoms with Crippen molar-refractivity contribution in [1.29, 1.82) is 15.8 Å². The van der Waals surface area contributed by atoms with E-state index in [9.17, 15) is 15.8 Å². The van der Waals surface area contributed by atoms with Gasteiger partial charge in [0.15, 0.2) is 0 Å². The van der Waals surface area contributed by atoms with Crippen LogP contribution in [0.15, 0.2) is 170 Å². The van der Waals surface area contributed by atoms with Gasteiger partial charge < -0.3 is 9.13 Å². The van der Waals surface area contributed by atoms with E-state index in [2.05, 4.69) is 105 Å². The van der Waals surface area contributed by atoms with Gasteiger partial charge in [-0.15, -0.1) is 0 Å². The number of benzene rings is 7. The fourth-order valence-electron chi connectivity index (χ4n) is 8.25. The Bertz CT molecular complexity index is 3350. The second kappa shape index (κ2) is 13.0. The molecule has 3 aromatic heterocycles. The zero-order valence-corrected chi connectivity index (χ0v) is 29.8. The molecular weight excluding hydrogens is 685 g/mol. The molecule has 0 spiro atoms. The third-order valence-electron chi connectivity index (χ3n) is 10.8. The van der Waals surface area contributed by atoms with E-state index in [1.54, 1.807) is 12.4 Å². The van der Waals surface area contributed by atoms with Crippen molar-refractivity contribution >= 4 is 43.6 Å². The van der Waals surface area contributed by atoms with Crippen LogP contribution in [0.5, 0.6) is 0 Å². The summed E-state index contributed by atoms with van der Waals surface area (Å²) < 4.78 is 4.54. The molecule has 0 bridgehead atoms. The SMILES string of the molecule is N#Cc1ccccc1-c1ccc2c3ccccc3n(-c3cc(C#N)c(-c4cccnc4)cc3-n3c4ccccc4c4ccc(-c5ccccc5C#N)cc43)c2c1. The Balaban J connectivity index is 1.37. The number of hydrogen-bond donors (Lipinski definition) is 0. The summed E-state index contributed by atoms with van der Waals surface area (Å²) in [6.07, 6.45) is 3.53. The molecule has 7 aromatic carbocycles. The van der Waals surface area contributed by atoms with Gasteiger partial charge in [0.1, 0.15) is 0 Å². The highest BCUT2D eigenvalue weighted by molar-refractivity contribution is 6.13. The Morgan fingerprint density at radius 2 is 0.857 bits per heavy atom. The lowest BCUT2D eigenvalue weighted by Crippen LogP contribution is -2.05. The summed E-state index contributed by atoms with van der Waals surface area (Å²) in [5.41, 5.74) is 12.4. The topological polar surface area (TPSA) is 94.1 Å². The standard InChI is InChI=1S/C50H28N6/c51-28-34-10-1-3-13-38(34)32-19-21-42-40-15-5-7-17-45(40)55(47(42)24-32)49-26-37(30-53)44(36-12-9-23-54-31-36)27-50(49)56-46-18-8-6-16-41(46)43-22-20-33(25-48(43)56)39-14-4-2-11-35(39)29-52/h1-27,31H. The molecule has 10 aromatic rings. The highest BCUT2D eigenvalue weighted by Crippen LogP contribution is 2.42. The highest BCUT2D eigenvalue weighted by atomic mass is 15.1. The van der Waals surface area contributed by atoms with Crippen LogP contribution < -0.4 is 0 Å². The molecule has 0 radical (unpaired) electrons. The molecule has 10 rings (SSSR count). The van der Waals surface area contributed by atoms with E-state index >= 15 is 0 Å². The van der Waals surface area contributed by atoms with Crippen LogP contribution in [0, 0.1) is 34.0 Å². The van der Waals surface area contributed by atoms with Crippen LogP contribution in [-0.4, -0.2) is 14.1 Å². The van der Waals surface area contributed by atoms with Gasteiger partial charge in [0.05, 0.1) is 68.3 Å². The first kappa shape index (κ1) is 32.4. The van der Waals surface area contributed by atoms with Crippen molar-refractivity contribution in [1.82, 2.24) is 14.1 Å². The van der Waals surface area contributed by atoms with Crippen LogP contribution in [0.4, 0.5) is 0 Å². The molecule has 0 atom stereocenters. The molecule has 258 valence electrons. The quantitative estimate of drug-likeness (QED) is 0.177. The van der Waals surface area contributed by atoms with E-state index in [0.29, 0.717) is 16.7 Å². The number of aromatic nitrogens is 3. The first-order valence-electron chi connectivity index (χ1n) is 18.2. The van der Waals surface area contributed by atoms with Gasteiger partial charge in [-0.2, -0.15) is 15.8 Å². The second-order valence-corrected chi connectivity index (χ2v) is 13.7. The largest absolute Gasteiger partial charge is 0.307 e. The Morgan fingerprint density at radius 1 is 0.375 bits per heavy atom. The van der Waals surface area contributed by atoms with Crippen LogP contribution in [0.25, 0.3) is 88.4 Å². The number of rotatable bonds is 5. The van der Waals surface area contributed by atoms with E-state index < -0.39 is 0 Å². The highest BCUT2D eigenvalue weighted by Gasteiger charge is 2.23. The molecule has 6 nitrogen and oxygen atoms in total. The molecule has 0 unspecified atom stereocenters. The van der Waals surface area contributed by atoms with Crippen molar-refractivity contribution < 1.29 is 0 Å². The van der Waals surface area contributed by atoms with Crippen molar-refractivity contribution in [2.75, 3.05) is 0 Å². The maximum atomic E-state index is 10.8. The Morgan fingerprint density at radius 3 is 1.38 bits per heavy atom. The van der Waals surface area contributed by atoms with Gasteiger partial charge in [-0.25, -0.2) is 0 Å². The summed E-state index contributed by atoms with van der Waals surface area (Å²) in [6, 6.07) is 60.0. The number of pyridine rings is 1. The van der Waals surface area contributed by atoms with Crippen molar-refractivity contribution in [2.24, 2.45) is 0 Å². The van der Waals surface area contributed by atoms with Gasteiger partial charge in [-0.1, -0.05) is 103 Å². The fraction of sp³-hybridized carbons (Fsp3) is 0. The van der Waals surface area contributed by atoms with Crippen molar-refractivity contribution in [3.63, 3.8) is 0 Å². The molecule has 3 heterocycles. The first-order chi connectivity index (χ1) is 27.7. The van der Waals surface area contributed by atoms with E-state index in [1.807, 2.05) is 84.9 Å². The van der Waals surface area contributed by atoms with Gasteiger partial charge in [-0.05, 0) is 76.9 Å². The Hall–Kier alpha value is -8.24. The second-order valence-electron chi connectivity index (χ2n) is 13.7. The predicted octanol–water partition coefficient (Wildman–Crippen LogP) is 11.9. The molecule has 0 saturated heterocycles. The molecular formula is C50H28N6. The molecule has 0 saturated carbocycles. The van der Waals surface area contributed by atoms with E-state index in [4.69, 9.17) is 0 Å². The summed E-state index contributed by atoms with van der Waals surface area (Å²) in [5.74, 6) is 0. The predicted molar refractivity (Wildman–Crippen MR) is 223 cm³/mol.